The first kappa shape index (κ1) is 12.0. The van der Waals surface area contributed by atoms with Gasteiger partial charge in [0.2, 0.25) is 0 Å². The minimum atomic E-state index is -0.445. The standard InChI is InChI=1S/C11H18N2O2/c1-9(15-2)11(14)13(8-7-12)10-5-3-4-6-10/h9-10H,3-6,8H2,1-2H3. The lowest BCUT2D eigenvalue weighted by atomic mass is 10.2. The second-order valence-electron chi connectivity index (χ2n) is 3.94. The molecular formula is C11H18N2O2. The van der Waals surface area contributed by atoms with Gasteiger partial charge in [-0.15, -0.1) is 0 Å². The van der Waals surface area contributed by atoms with Gasteiger partial charge in [-0.3, -0.25) is 4.79 Å². The van der Waals surface area contributed by atoms with Crippen molar-refractivity contribution in [2.24, 2.45) is 0 Å². The van der Waals surface area contributed by atoms with E-state index in [9.17, 15) is 4.79 Å². The highest BCUT2D eigenvalue weighted by atomic mass is 16.5. The largest absolute Gasteiger partial charge is 0.372 e. The summed E-state index contributed by atoms with van der Waals surface area (Å²) in [5.74, 6) is -0.0639. The predicted octanol–water partition coefficient (Wildman–Crippen LogP) is 1.32. The number of amides is 1. The third kappa shape index (κ3) is 2.93. The summed E-state index contributed by atoms with van der Waals surface area (Å²) >= 11 is 0. The Labute approximate surface area is 90.8 Å². The Morgan fingerprint density at radius 3 is 2.67 bits per heavy atom. The number of nitriles is 1. The summed E-state index contributed by atoms with van der Waals surface area (Å²) < 4.78 is 5.00. The highest BCUT2D eigenvalue weighted by Gasteiger charge is 2.29. The van der Waals surface area contributed by atoms with E-state index >= 15 is 0 Å². The van der Waals surface area contributed by atoms with E-state index in [1.54, 1.807) is 11.8 Å². The van der Waals surface area contributed by atoms with Crippen molar-refractivity contribution < 1.29 is 9.53 Å². The predicted molar refractivity (Wildman–Crippen MR) is 56.1 cm³/mol. The van der Waals surface area contributed by atoms with Gasteiger partial charge in [-0.05, 0) is 19.8 Å². The van der Waals surface area contributed by atoms with Crippen molar-refractivity contribution in [3.8, 4) is 6.07 Å². The smallest absolute Gasteiger partial charge is 0.252 e. The van der Waals surface area contributed by atoms with Gasteiger partial charge in [0.25, 0.3) is 5.91 Å². The van der Waals surface area contributed by atoms with Gasteiger partial charge in [-0.2, -0.15) is 5.26 Å². The second-order valence-corrected chi connectivity index (χ2v) is 3.94. The molecule has 1 atom stereocenters. The minimum absolute atomic E-state index is 0.0639. The van der Waals surface area contributed by atoms with Crippen LogP contribution in [0.3, 0.4) is 0 Å². The van der Waals surface area contributed by atoms with Gasteiger partial charge in [0.15, 0.2) is 0 Å². The minimum Gasteiger partial charge on any atom is -0.372 e. The van der Waals surface area contributed by atoms with Crippen LogP contribution in [0.5, 0.6) is 0 Å². The molecule has 0 heterocycles. The summed E-state index contributed by atoms with van der Waals surface area (Å²) in [6.45, 7) is 1.90. The van der Waals surface area contributed by atoms with Gasteiger partial charge < -0.3 is 9.64 Å². The third-order valence-corrected chi connectivity index (χ3v) is 2.99. The molecule has 1 amide bonds. The molecule has 4 nitrogen and oxygen atoms in total. The van der Waals surface area contributed by atoms with Gasteiger partial charge in [0.05, 0.1) is 6.07 Å². The van der Waals surface area contributed by atoms with Crippen molar-refractivity contribution in [3.63, 3.8) is 0 Å². The van der Waals surface area contributed by atoms with Crippen LogP contribution in [0.1, 0.15) is 32.6 Å². The third-order valence-electron chi connectivity index (χ3n) is 2.99. The molecule has 0 bridgehead atoms. The van der Waals surface area contributed by atoms with Gasteiger partial charge in [-0.1, -0.05) is 12.8 Å². The molecule has 0 aromatic rings. The van der Waals surface area contributed by atoms with Crippen LogP contribution in [-0.2, 0) is 9.53 Å². The van der Waals surface area contributed by atoms with Crippen molar-refractivity contribution in [1.29, 1.82) is 5.26 Å². The average Bonchev–Trinajstić information content (AvgIpc) is 2.77. The Morgan fingerprint density at radius 1 is 1.60 bits per heavy atom. The number of methoxy groups -OCH3 is 1. The van der Waals surface area contributed by atoms with Gasteiger partial charge in [-0.25, -0.2) is 0 Å². The molecule has 1 fully saturated rings. The fourth-order valence-corrected chi connectivity index (χ4v) is 2.01. The van der Waals surface area contributed by atoms with Crippen LogP contribution in [-0.4, -0.2) is 36.6 Å². The Kier molecular flexibility index (Phi) is 4.57. The highest BCUT2D eigenvalue weighted by molar-refractivity contribution is 5.81. The lowest BCUT2D eigenvalue weighted by Gasteiger charge is -2.28. The van der Waals surface area contributed by atoms with E-state index in [1.165, 1.54) is 7.11 Å². The fraction of sp³-hybridized carbons (Fsp3) is 0.818. The zero-order valence-electron chi connectivity index (χ0n) is 9.40. The Balaban J connectivity index is 2.64. The number of hydrogen-bond donors (Lipinski definition) is 0. The number of hydrogen-bond acceptors (Lipinski definition) is 3. The summed E-state index contributed by atoms with van der Waals surface area (Å²) in [5, 5.41) is 8.72. The average molecular weight is 210 g/mol. The number of rotatable bonds is 4. The van der Waals surface area contributed by atoms with Crippen molar-refractivity contribution in [2.45, 2.75) is 44.8 Å². The quantitative estimate of drug-likeness (QED) is 0.657. The molecule has 15 heavy (non-hydrogen) atoms. The molecule has 4 heteroatoms. The van der Waals surface area contributed by atoms with E-state index in [2.05, 4.69) is 6.07 Å². The fourth-order valence-electron chi connectivity index (χ4n) is 2.01. The Hall–Kier alpha value is -1.08. The molecule has 1 aliphatic rings. The summed E-state index contributed by atoms with van der Waals surface area (Å²) in [4.78, 5) is 13.6. The van der Waals surface area contributed by atoms with Crippen LogP contribution in [0.4, 0.5) is 0 Å². The second kappa shape index (κ2) is 5.72. The molecule has 0 spiro atoms. The van der Waals surface area contributed by atoms with Gasteiger partial charge in [0, 0.05) is 13.2 Å². The lowest BCUT2D eigenvalue weighted by Crippen LogP contribution is -2.44. The summed E-state index contributed by atoms with van der Waals surface area (Å²) in [6.07, 6.45) is 3.90. The van der Waals surface area contributed by atoms with Crippen LogP contribution >= 0.6 is 0 Å². The Bertz CT molecular complexity index is 254. The first-order valence-electron chi connectivity index (χ1n) is 5.41. The van der Waals surface area contributed by atoms with Crippen molar-refractivity contribution in [2.75, 3.05) is 13.7 Å². The molecule has 0 N–H and O–H groups in total. The van der Waals surface area contributed by atoms with Crippen LogP contribution in [0.2, 0.25) is 0 Å². The van der Waals surface area contributed by atoms with Crippen LogP contribution in [0.15, 0.2) is 0 Å². The van der Waals surface area contributed by atoms with Crippen LogP contribution < -0.4 is 0 Å². The van der Waals surface area contributed by atoms with Crippen molar-refractivity contribution in [3.05, 3.63) is 0 Å². The number of carbonyl (C=O) groups is 1. The van der Waals surface area contributed by atoms with E-state index < -0.39 is 6.10 Å². The lowest BCUT2D eigenvalue weighted by molar-refractivity contribution is -0.142. The summed E-state index contributed by atoms with van der Waals surface area (Å²) in [6, 6.07) is 2.30. The van der Waals surface area contributed by atoms with Gasteiger partial charge >= 0.3 is 0 Å². The van der Waals surface area contributed by atoms with E-state index in [0.29, 0.717) is 0 Å². The SMILES string of the molecule is COC(C)C(=O)N(CC#N)C1CCCC1. The van der Waals surface area contributed by atoms with Gasteiger partial charge in [0.1, 0.15) is 12.6 Å². The molecular weight excluding hydrogens is 192 g/mol. The van der Waals surface area contributed by atoms with E-state index in [1.807, 2.05) is 0 Å². The molecule has 0 aromatic heterocycles. The molecule has 1 rings (SSSR count). The van der Waals surface area contributed by atoms with Crippen molar-refractivity contribution >= 4 is 5.91 Å². The number of nitrogens with zero attached hydrogens (tertiary/aromatic N) is 2. The molecule has 1 saturated carbocycles. The maximum Gasteiger partial charge on any atom is 0.252 e. The molecule has 84 valence electrons. The summed E-state index contributed by atoms with van der Waals surface area (Å²) in [7, 11) is 1.52. The Morgan fingerprint density at radius 2 is 2.20 bits per heavy atom. The summed E-state index contributed by atoms with van der Waals surface area (Å²) in [5.41, 5.74) is 0. The van der Waals surface area contributed by atoms with Crippen LogP contribution in [0, 0.1) is 11.3 Å². The normalized spacial score (nSPS) is 18.5. The molecule has 0 aromatic carbocycles. The maximum atomic E-state index is 11.9. The highest BCUT2D eigenvalue weighted by Crippen LogP contribution is 2.23. The monoisotopic (exact) mass is 210 g/mol. The zero-order valence-corrected chi connectivity index (χ0v) is 9.40. The molecule has 1 unspecified atom stereocenters. The van der Waals surface area contributed by atoms with Crippen LogP contribution in [0.25, 0.3) is 0 Å². The van der Waals surface area contributed by atoms with E-state index in [0.717, 1.165) is 25.7 Å². The number of ether oxygens (including phenoxy) is 1. The molecule has 0 saturated heterocycles. The molecule has 0 aliphatic heterocycles. The van der Waals surface area contributed by atoms with E-state index in [-0.39, 0.29) is 18.5 Å². The molecule has 1 aliphatic carbocycles. The topological polar surface area (TPSA) is 53.3 Å². The van der Waals surface area contributed by atoms with E-state index in [4.69, 9.17) is 10.00 Å². The maximum absolute atomic E-state index is 11.9. The zero-order chi connectivity index (χ0) is 11.3. The first-order chi connectivity index (χ1) is 7.20. The molecule has 0 radical (unpaired) electrons. The first-order valence-corrected chi connectivity index (χ1v) is 5.41. The number of carbonyl (C=O) groups excluding carboxylic acids is 1. The van der Waals surface area contributed by atoms with Crippen molar-refractivity contribution in [1.82, 2.24) is 4.90 Å².